The summed E-state index contributed by atoms with van der Waals surface area (Å²) >= 11 is 7.08. The standard InChI is InChI=1S/C10H16ClNO2S2/c1-9-7-15-8-10(9)6-12-16(13,14)5-3-2-4-11/h7-8,12H,2-6H2,1H3. The van der Waals surface area contributed by atoms with Crippen LogP contribution in [0.5, 0.6) is 0 Å². The maximum absolute atomic E-state index is 11.6. The Kier molecular flexibility index (Phi) is 5.75. The van der Waals surface area contributed by atoms with E-state index < -0.39 is 10.0 Å². The first-order valence-corrected chi connectivity index (χ1v) is 8.23. The van der Waals surface area contributed by atoms with Crippen LogP contribution in [0.2, 0.25) is 0 Å². The second kappa shape index (κ2) is 6.59. The Labute approximate surface area is 106 Å². The molecule has 6 heteroatoms. The molecule has 1 aromatic heterocycles. The number of rotatable bonds is 7. The molecule has 1 rings (SSSR count). The minimum absolute atomic E-state index is 0.156. The third-order valence-electron chi connectivity index (χ3n) is 2.24. The largest absolute Gasteiger partial charge is 0.212 e. The Balaban J connectivity index is 2.39. The lowest BCUT2D eigenvalue weighted by molar-refractivity contribution is 0.578. The predicted molar refractivity (Wildman–Crippen MR) is 69.6 cm³/mol. The van der Waals surface area contributed by atoms with E-state index in [1.54, 1.807) is 11.3 Å². The van der Waals surface area contributed by atoms with Gasteiger partial charge in [0.1, 0.15) is 0 Å². The third-order valence-corrected chi connectivity index (χ3v) is 4.83. The summed E-state index contributed by atoms with van der Waals surface area (Å²) in [7, 11) is -3.15. The lowest BCUT2D eigenvalue weighted by atomic mass is 10.2. The average Bonchev–Trinajstić information content (AvgIpc) is 2.62. The highest BCUT2D eigenvalue weighted by Crippen LogP contribution is 2.13. The van der Waals surface area contributed by atoms with Crippen LogP contribution in [0.25, 0.3) is 0 Å². The lowest BCUT2D eigenvalue weighted by Crippen LogP contribution is -2.26. The van der Waals surface area contributed by atoms with Crippen molar-refractivity contribution in [2.24, 2.45) is 0 Å². The van der Waals surface area contributed by atoms with Crippen molar-refractivity contribution in [2.75, 3.05) is 11.6 Å². The van der Waals surface area contributed by atoms with Crippen LogP contribution in [-0.2, 0) is 16.6 Å². The van der Waals surface area contributed by atoms with Gasteiger partial charge in [0.25, 0.3) is 0 Å². The van der Waals surface area contributed by atoms with Gasteiger partial charge >= 0.3 is 0 Å². The second-order valence-corrected chi connectivity index (χ2v) is 6.66. The van der Waals surface area contributed by atoms with E-state index in [1.807, 2.05) is 17.7 Å². The van der Waals surface area contributed by atoms with Crippen LogP contribution >= 0.6 is 22.9 Å². The third kappa shape index (κ3) is 4.82. The number of unbranched alkanes of at least 4 members (excludes halogenated alkanes) is 1. The SMILES string of the molecule is Cc1cscc1CNS(=O)(=O)CCCCCl. The highest BCUT2D eigenvalue weighted by molar-refractivity contribution is 7.89. The number of sulfonamides is 1. The number of halogens is 1. The number of thiophene rings is 1. The van der Waals surface area contributed by atoms with Crippen LogP contribution in [-0.4, -0.2) is 20.1 Å². The van der Waals surface area contributed by atoms with E-state index in [0.29, 0.717) is 18.8 Å². The second-order valence-electron chi connectivity index (χ2n) is 3.62. The Morgan fingerprint density at radius 2 is 2.12 bits per heavy atom. The molecule has 0 aliphatic rings. The summed E-state index contributed by atoms with van der Waals surface area (Å²) in [6, 6.07) is 0. The Morgan fingerprint density at radius 1 is 1.38 bits per heavy atom. The Hall–Kier alpha value is -0.100. The number of alkyl halides is 1. The molecule has 92 valence electrons. The van der Waals surface area contributed by atoms with Crippen LogP contribution < -0.4 is 4.72 Å². The Morgan fingerprint density at radius 3 is 2.69 bits per heavy atom. The quantitative estimate of drug-likeness (QED) is 0.617. The van der Waals surface area contributed by atoms with Gasteiger partial charge in [0.05, 0.1) is 5.75 Å². The monoisotopic (exact) mass is 281 g/mol. The molecule has 0 spiro atoms. The van der Waals surface area contributed by atoms with Crippen LogP contribution in [0.1, 0.15) is 24.0 Å². The molecule has 3 nitrogen and oxygen atoms in total. The first-order valence-electron chi connectivity index (χ1n) is 5.10. The fourth-order valence-electron chi connectivity index (χ4n) is 1.21. The van der Waals surface area contributed by atoms with E-state index in [1.165, 1.54) is 0 Å². The summed E-state index contributed by atoms with van der Waals surface area (Å²) in [5, 5.41) is 3.98. The van der Waals surface area contributed by atoms with Gasteiger partial charge in [0.15, 0.2) is 0 Å². The molecule has 0 unspecified atom stereocenters. The van der Waals surface area contributed by atoms with Gasteiger partial charge in [-0.25, -0.2) is 13.1 Å². The highest BCUT2D eigenvalue weighted by Gasteiger charge is 2.10. The molecule has 0 aliphatic carbocycles. The zero-order valence-corrected chi connectivity index (χ0v) is 11.6. The predicted octanol–water partition coefficient (Wildman–Crippen LogP) is 2.49. The van der Waals surface area contributed by atoms with Crippen LogP contribution in [0.3, 0.4) is 0 Å². The van der Waals surface area contributed by atoms with E-state index in [0.717, 1.165) is 17.5 Å². The minimum Gasteiger partial charge on any atom is -0.212 e. The van der Waals surface area contributed by atoms with Crippen molar-refractivity contribution in [1.29, 1.82) is 0 Å². The number of aryl methyl sites for hydroxylation is 1. The summed E-state index contributed by atoms with van der Waals surface area (Å²) in [5.41, 5.74) is 2.18. The van der Waals surface area contributed by atoms with Gasteiger partial charge in [-0.3, -0.25) is 0 Å². The molecule has 0 atom stereocenters. The first-order chi connectivity index (χ1) is 7.55. The molecule has 1 N–H and O–H groups in total. The maximum Gasteiger partial charge on any atom is 0.211 e. The molecule has 1 aromatic rings. The van der Waals surface area contributed by atoms with Crippen LogP contribution in [0.4, 0.5) is 0 Å². The summed E-state index contributed by atoms with van der Waals surface area (Å²) in [4.78, 5) is 0. The summed E-state index contributed by atoms with van der Waals surface area (Å²) in [5.74, 6) is 0.669. The molecule has 16 heavy (non-hydrogen) atoms. The number of nitrogens with one attached hydrogen (secondary N) is 1. The molecule has 0 radical (unpaired) electrons. The molecule has 0 saturated carbocycles. The van der Waals surface area contributed by atoms with Gasteiger partial charge in [-0.05, 0) is 41.7 Å². The molecule has 0 aliphatic heterocycles. The summed E-state index contributed by atoms with van der Waals surface area (Å²) in [6.45, 7) is 2.37. The van der Waals surface area contributed by atoms with Crippen LogP contribution in [0, 0.1) is 6.92 Å². The van der Waals surface area contributed by atoms with Gasteiger partial charge in [-0.15, -0.1) is 11.6 Å². The molecule has 1 heterocycles. The molecule has 0 amide bonds. The fraction of sp³-hybridized carbons (Fsp3) is 0.600. The molecule has 0 saturated heterocycles. The molecule has 0 bridgehead atoms. The van der Waals surface area contributed by atoms with E-state index >= 15 is 0 Å². The van der Waals surface area contributed by atoms with E-state index in [2.05, 4.69) is 4.72 Å². The molecule has 0 aromatic carbocycles. The van der Waals surface area contributed by atoms with Gasteiger partial charge in [-0.1, -0.05) is 0 Å². The van der Waals surface area contributed by atoms with Crippen molar-refractivity contribution >= 4 is 33.0 Å². The van der Waals surface area contributed by atoms with Gasteiger partial charge in [0, 0.05) is 12.4 Å². The van der Waals surface area contributed by atoms with Gasteiger partial charge in [-0.2, -0.15) is 11.3 Å². The molecular weight excluding hydrogens is 266 g/mol. The topological polar surface area (TPSA) is 46.2 Å². The molecule has 0 fully saturated rings. The van der Waals surface area contributed by atoms with Gasteiger partial charge < -0.3 is 0 Å². The normalized spacial score (nSPS) is 11.9. The maximum atomic E-state index is 11.6. The van der Waals surface area contributed by atoms with E-state index in [9.17, 15) is 8.42 Å². The van der Waals surface area contributed by atoms with Crippen molar-refractivity contribution in [2.45, 2.75) is 26.3 Å². The van der Waals surface area contributed by atoms with E-state index in [4.69, 9.17) is 11.6 Å². The smallest absolute Gasteiger partial charge is 0.211 e. The first kappa shape index (κ1) is 14.0. The summed E-state index contributed by atoms with van der Waals surface area (Å²) in [6.07, 6.45) is 1.35. The summed E-state index contributed by atoms with van der Waals surface area (Å²) < 4.78 is 25.7. The van der Waals surface area contributed by atoms with Crippen molar-refractivity contribution in [3.05, 3.63) is 21.9 Å². The highest BCUT2D eigenvalue weighted by atomic mass is 35.5. The minimum atomic E-state index is -3.15. The van der Waals surface area contributed by atoms with Crippen LogP contribution in [0.15, 0.2) is 10.8 Å². The van der Waals surface area contributed by atoms with E-state index in [-0.39, 0.29) is 5.75 Å². The van der Waals surface area contributed by atoms with Crippen molar-refractivity contribution in [3.63, 3.8) is 0 Å². The number of hydrogen-bond donors (Lipinski definition) is 1. The zero-order chi connectivity index (χ0) is 12.0. The number of hydrogen-bond acceptors (Lipinski definition) is 3. The van der Waals surface area contributed by atoms with Crippen molar-refractivity contribution in [3.8, 4) is 0 Å². The zero-order valence-electron chi connectivity index (χ0n) is 9.20. The van der Waals surface area contributed by atoms with Gasteiger partial charge in [0.2, 0.25) is 10.0 Å². The Bertz CT molecular complexity index is 414. The van der Waals surface area contributed by atoms with Crippen molar-refractivity contribution in [1.82, 2.24) is 4.72 Å². The lowest BCUT2D eigenvalue weighted by Gasteiger charge is -2.05. The average molecular weight is 282 g/mol. The fourth-order valence-corrected chi connectivity index (χ4v) is 3.36. The molecular formula is C10H16ClNO2S2. The van der Waals surface area contributed by atoms with Crippen molar-refractivity contribution < 1.29 is 8.42 Å².